The molecule has 0 spiro atoms. The Morgan fingerprint density at radius 1 is 1.24 bits per heavy atom. The molecule has 1 saturated heterocycles. The number of hydrogen-bond donors (Lipinski definition) is 0. The lowest BCUT2D eigenvalue weighted by Gasteiger charge is -2.36. The maximum absolute atomic E-state index is 11.5. The molecule has 0 aliphatic carbocycles. The van der Waals surface area contributed by atoms with E-state index in [9.17, 15) is 4.79 Å². The number of anilines is 1. The zero-order valence-electron chi connectivity index (χ0n) is 9.40. The molecule has 92 valence electrons. The van der Waals surface area contributed by atoms with Crippen molar-refractivity contribution >= 4 is 39.1 Å². The number of para-hydroxylation sites is 1. The first-order chi connectivity index (χ1) is 8.22. The summed E-state index contributed by atoms with van der Waals surface area (Å²) in [6.07, 6.45) is 0. The summed E-state index contributed by atoms with van der Waals surface area (Å²) in [5.41, 5.74) is 1.06. The highest BCUT2D eigenvalue weighted by Gasteiger charge is 2.21. The van der Waals surface area contributed by atoms with Gasteiger partial charge < -0.3 is 9.80 Å². The van der Waals surface area contributed by atoms with Crippen molar-refractivity contribution in [2.75, 3.05) is 36.4 Å². The van der Waals surface area contributed by atoms with Crippen LogP contribution in [0.5, 0.6) is 0 Å². The monoisotopic (exact) mass is 316 g/mol. The molecule has 0 unspecified atom stereocenters. The van der Waals surface area contributed by atoms with Crippen molar-refractivity contribution in [3.8, 4) is 0 Å². The highest BCUT2D eigenvalue weighted by Crippen LogP contribution is 2.25. The van der Waals surface area contributed by atoms with Crippen LogP contribution in [0.3, 0.4) is 0 Å². The maximum atomic E-state index is 11.5. The first kappa shape index (κ1) is 12.7. The summed E-state index contributed by atoms with van der Waals surface area (Å²) in [5, 5.41) is 1.17. The number of piperazine rings is 1. The molecule has 1 amide bonds. The SMILES string of the molecule is O=C(CBr)N1CCN(c2ccccc2Cl)CC1. The largest absolute Gasteiger partial charge is 0.367 e. The molecule has 2 rings (SSSR count). The fourth-order valence-electron chi connectivity index (χ4n) is 1.99. The number of hydrogen-bond acceptors (Lipinski definition) is 2. The number of nitrogens with zero attached hydrogens (tertiary/aromatic N) is 2. The smallest absolute Gasteiger partial charge is 0.233 e. The lowest BCUT2D eigenvalue weighted by molar-refractivity contribution is -0.128. The van der Waals surface area contributed by atoms with Crippen LogP contribution < -0.4 is 4.90 Å². The Hall–Kier alpha value is -0.740. The van der Waals surface area contributed by atoms with Crippen LogP contribution in [-0.4, -0.2) is 42.3 Å². The van der Waals surface area contributed by atoms with Crippen LogP contribution in [0.25, 0.3) is 0 Å². The van der Waals surface area contributed by atoms with Crippen molar-refractivity contribution in [1.29, 1.82) is 0 Å². The van der Waals surface area contributed by atoms with E-state index in [4.69, 9.17) is 11.6 Å². The summed E-state index contributed by atoms with van der Waals surface area (Å²) in [7, 11) is 0. The Kier molecular flexibility index (Phi) is 4.29. The molecular weight excluding hydrogens is 304 g/mol. The first-order valence-corrected chi connectivity index (χ1v) is 7.05. The van der Waals surface area contributed by atoms with Gasteiger partial charge in [-0.1, -0.05) is 39.7 Å². The van der Waals surface area contributed by atoms with Crippen molar-refractivity contribution in [1.82, 2.24) is 4.90 Å². The van der Waals surface area contributed by atoms with Gasteiger partial charge in [-0.15, -0.1) is 0 Å². The summed E-state index contributed by atoms with van der Waals surface area (Å²) in [4.78, 5) is 15.6. The fourth-order valence-corrected chi connectivity index (χ4v) is 2.60. The molecule has 5 heteroatoms. The number of amides is 1. The molecule has 1 aromatic carbocycles. The van der Waals surface area contributed by atoms with Crippen LogP contribution in [0.2, 0.25) is 5.02 Å². The van der Waals surface area contributed by atoms with Crippen LogP contribution in [0, 0.1) is 0 Å². The highest BCUT2D eigenvalue weighted by atomic mass is 79.9. The topological polar surface area (TPSA) is 23.6 Å². The van der Waals surface area contributed by atoms with E-state index in [1.54, 1.807) is 0 Å². The third-order valence-electron chi connectivity index (χ3n) is 2.94. The third-order valence-corrected chi connectivity index (χ3v) is 3.74. The number of rotatable bonds is 2. The predicted octanol–water partition coefficient (Wildman–Crippen LogP) is 2.38. The van der Waals surface area contributed by atoms with E-state index in [1.165, 1.54) is 0 Å². The molecule has 0 N–H and O–H groups in total. The molecule has 1 aromatic rings. The van der Waals surface area contributed by atoms with E-state index >= 15 is 0 Å². The Morgan fingerprint density at radius 2 is 1.88 bits per heavy atom. The van der Waals surface area contributed by atoms with E-state index < -0.39 is 0 Å². The standard InChI is InChI=1S/C12H14BrClN2O/c13-9-12(17)16-7-5-15(6-8-16)11-4-2-1-3-10(11)14/h1-4H,5-9H2. The predicted molar refractivity (Wildman–Crippen MR) is 74.0 cm³/mol. The van der Waals surface area contributed by atoms with E-state index in [-0.39, 0.29) is 5.91 Å². The lowest BCUT2D eigenvalue weighted by Crippen LogP contribution is -2.49. The number of halogens is 2. The Labute approximate surface area is 114 Å². The van der Waals surface area contributed by atoms with Gasteiger partial charge in [-0.05, 0) is 12.1 Å². The number of benzene rings is 1. The molecule has 3 nitrogen and oxygen atoms in total. The van der Waals surface area contributed by atoms with Crippen LogP contribution in [0.1, 0.15) is 0 Å². The number of alkyl halides is 1. The zero-order valence-corrected chi connectivity index (χ0v) is 11.7. The van der Waals surface area contributed by atoms with E-state index in [1.807, 2.05) is 29.2 Å². The normalized spacial score (nSPS) is 16.1. The fraction of sp³-hybridized carbons (Fsp3) is 0.417. The van der Waals surface area contributed by atoms with Gasteiger partial charge in [0.2, 0.25) is 5.91 Å². The molecule has 1 heterocycles. The number of carbonyl (C=O) groups excluding carboxylic acids is 1. The van der Waals surface area contributed by atoms with Gasteiger partial charge in [-0.25, -0.2) is 0 Å². The van der Waals surface area contributed by atoms with Gasteiger partial charge in [-0.3, -0.25) is 4.79 Å². The van der Waals surface area contributed by atoms with Gasteiger partial charge in [0, 0.05) is 26.2 Å². The van der Waals surface area contributed by atoms with Crippen molar-refractivity contribution in [2.45, 2.75) is 0 Å². The van der Waals surface area contributed by atoms with Crippen molar-refractivity contribution in [3.63, 3.8) is 0 Å². The highest BCUT2D eigenvalue weighted by molar-refractivity contribution is 9.09. The van der Waals surface area contributed by atoms with Crippen LogP contribution in [0.15, 0.2) is 24.3 Å². The van der Waals surface area contributed by atoms with Crippen molar-refractivity contribution < 1.29 is 4.79 Å². The Morgan fingerprint density at radius 3 is 2.47 bits per heavy atom. The van der Waals surface area contributed by atoms with Crippen LogP contribution in [0.4, 0.5) is 5.69 Å². The molecule has 0 saturated carbocycles. The van der Waals surface area contributed by atoms with Gasteiger partial charge in [0.1, 0.15) is 0 Å². The van der Waals surface area contributed by atoms with Crippen molar-refractivity contribution in [3.05, 3.63) is 29.3 Å². The average molecular weight is 318 g/mol. The summed E-state index contributed by atoms with van der Waals surface area (Å²) in [5.74, 6) is 0.156. The van der Waals surface area contributed by atoms with Crippen molar-refractivity contribution in [2.24, 2.45) is 0 Å². The second-order valence-electron chi connectivity index (χ2n) is 3.95. The van der Waals surface area contributed by atoms with Gasteiger partial charge >= 0.3 is 0 Å². The maximum Gasteiger partial charge on any atom is 0.233 e. The molecular formula is C12H14BrClN2O. The third kappa shape index (κ3) is 2.93. The summed E-state index contributed by atoms with van der Waals surface area (Å²) < 4.78 is 0. The number of carbonyl (C=O) groups is 1. The first-order valence-electron chi connectivity index (χ1n) is 5.55. The molecule has 1 aliphatic rings. The molecule has 0 bridgehead atoms. The quantitative estimate of drug-likeness (QED) is 0.782. The van der Waals surface area contributed by atoms with Gasteiger partial charge in [0.15, 0.2) is 0 Å². The molecule has 17 heavy (non-hydrogen) atoms. The summed E-state index contributed by atoms with van der Waals surface area (Å²) in [6.45, 7) is 3.19. The van der Waals surface area contributed by atoms with Gasteiger partial charge in [-0.2, -0.15) is 0 Å². The minimum absolute atomic E-state index is 0.156. The summed E-state index contributed by atoms with van der Waals surface area (Å²) in [6, 6.07) is 7.82. The van der Waals surface area contributed by atoms with E-state index in [0.29, 0.717) is 5.33 Å². The Balaban J connectivity index is 2.00. The molecule has 0 radical (unpaired) electrons. The minimum atomic E-state index is 0.156. The van der Waals surface area contributed by atoms with E-state index in [2.05, 4.69) is 20.8 Å². The van der Waals surface area contributed by atoms with Gasteiger partial charge in [0.25, 0.3) is 0 Å². The molecule has 1 aliphatic heterocycles. The van der Waals surface area contributed by atoms with Crippen LogP contribution >= 0.6 is 27.5 Å². The minimum Gasteiger partial charge on any atom is -0.367 e. The second kappa shape index (κ2) is 5.74. The van der Waals surface area contributed by atoms with Crippen LogP contribution in [-0.2, 0) is 4.79 Å². The molecule has 1 fully saturated rings. The van der Waals surface area contributed by atoms with Gasteiger partial charge in [0.05, 0.1) is 16.0 Å². The molecule has 0 aromatic heterocycles. The average Bonchev–Trinajstić information content (AvgIpc) is 2.39. The lowest BCUT2D eigenvalue weighted by atomic mass is 10.2. The zero-order chi connectivity index (χ0) is 12.3. The second-order valence-corrected chi connectivity index (χ2v) is 4.92. The summed E-state index contributed by atoms with van der Waals surface area (Å²) >= 11 is 9.35. The van der Waals surface area contributed by atoms with E-state index in [0.717, 1.165) is 36.9 Å². The Bertz CT molecular complexity index is 405. The molecule has 0 atom stereocenters.